The first-order valence-electron chi connectivity index (χ1n) is 7.07. The average Bonchev–Trinajstić information content (AvgIpc) is 2.22. The highest BCUT2D eigenvalue weighted by Gasteiger charge is 2.26. The summed E-state index contributed by atoms with van der Waals surface area (Å²) in [5.41, 5.74) is 0.0302. The van der Waals surface area contributed by atoms with E-state index in [0.717, 1.165) is 0 Å². The number of amides is 1. The van der Waals surface area contributed by atoms with Gasteiger partial charge in [-0.25, -0.2) is 0 Å². The highest BCUT2D eigenvalue weighted by Crippen LogP contribution is 2.20. The summed E-state index contributed by atoms with van der Waals surface area (Å²) in [6.07, 6.45) is 0.658. The molecule has 0 aliphatic rings. The highest BCUT2D eigenvalue weighted by molar-refractivity contribution is 5.82. The Morgan fingerprint density at radius 1 is 1.21 bits per heavy atom. The number of nitrogens with zero attached hydrogens (tertiary/aromatic N) is 1. The summed E-state index contributed by atoms with van der Waals surface area (Å²) >= 11 is 0. The number of hydrogen-bond acceptors (Lipinski definition) is 2. The summed E-state index contributed by atoms with van der Waals surface area (Å²) in [5, 5.41) is 9.19. The number of carbonyl (C=O) groups is 2. The molecule has 112 valence electrons. The van der Waals surface area contributed by atoms with E-state index in [0.29, 0.717) is 19.5 Å². The van der Waals surface area contributed by atoms with E-state index < -0.39 is 11.9 Å². The van der Waals surface area contributed by atoms with Crippen LogP contribution in [0.4, 0.5) is 0 Å². The third kappa shape index (κ3) is 7.85. The lowest BCUT2D eigenvalue weighted by molar-refractivity contribution is -0.146. The monoisotopic (exact) mass is 271 g/mol. The van der Waals surface area contributed by atoms with E-state index in [1.807, 2.05) is 20.8 Å². The Bertz CT molecular complexity index is 305. The molecule has 0 rings (SSSR count). The second-order valence-corrected chi connectivity index (χ2v) is 6.84. The molecule has 0 aromatic carbocycles. The van der Waals surface area contributed by atoms with Crippen molar-refractivity contribution in [3.8, 4) is 0 Å². The molecule has 0 aliphatic heterocycles. The first kappa shape index (κ1) is 17.9. The normalized spacial score (nSPS) is 13.4. The molecule has 0 aromatic heterocycles. The lowest BCUT2D eigenvalue weighted by Crippen LogP contribution is -2.39. The molecular formula is C15H29NO3. The van der Waals surface area contributed by atoms with Gasteiger partial charge in [0.1, 0.15) is 0 Å². The number of hydrogen-bond donors (Lipinski definition) is 1. The molecule has 0 aromatic rings. The Morgan fingerprint density at radius 3 is 2.05 bits per heavy atom. The van der Waals surface area contributed by atoms with E-state index in [1.54, 1.807) is 4.90 Å². The molecule has 0 saturated carbocycles. The van der Waals surface area contributed by atoms with Gasteiger partial charge < -0.3 is 10.0 Å². The quantitative estimate of drug-likeness (QED) is 0.774. The molecule has 0 saturated heterocycles. The van der Waals surface area contributed by atoms with Gasteiger partial charge in [0.2, 0.25) is 5.91 Å². The van der Waals surface area contributed by atoms with E-state index in [2.05, 4.69) is 20.8 Å². The molecule has 0 aliphatic carbocycles. The lowest BCUT2D eigenvalue weighted by atomic mass is 9.92. The summed E-state index contributed by atoms with van der Waals surface area (Å²) in [6, 6.07) is 0. The van der Waals surface area contributed by atoms with Crippen LogP contribution in [-0.2, 0) is 9.59 Å². The minimum absolute atomic E-state index is 0.0302. The fraction of sp³-hybridized carbons (Fsp3) is 0.867. The van der Waals surface area contributed by atoms with Crippen LogP contribution in [0.3, 0.4) is 0 Å². The lowest BCUT2D eigenvalue weighted by Gasteiger charge is -2.30. The summed E-state index contributed by atoms with van der Waals surface area (Å²) in [4.78, 5) is 25.2. The Kier molecular flexibility index (Phi) is 7.09. The highest BCUT2D eigenvalue weighted by atomic mass is 16.4. The van der Waals surface area contributed by atoms with Crippen LogP contribution in [0.5, 0.6) is 0 Å². The van der Waals surface area contributed by atoms with Crippen LogP contribution in [0.1, 0.15) is 54.4 Å². The maximum absolute atomic E-state index is 12.2. The number of aliphatic carboxylic acids is 1. The van der Waals surface area contributed by atoms with E-state index in [-0.39, 0.29) is 23.7 Å². The van der Waals surface area contributed by atoms with Crippen molar-refractivity contribution in [2.45, 2.75) is 54.4 Å². The van der Waals surface area contributed by atoms with Crippen molar-refractivity contribution >= 4 is 11.9 Å². The molecular weight excluding hydrogens is 242 g/mol. The van der Waals surface area contributed by atoms with Crippen molar-refractivity contribution in [3.05, 3.63) is 0 Å². The zero-order valence-corrected chi connectivity index (χ0v) is 13.2. The fourth-order valence-electron chi connectivity index (χ4n) is 2.13. The Labute approximate surface area is 117 Å². The van der Waals surface area contributed by atoms with Crippen LogP contribution in [0.15, 0.2) is 0 Å². The van der Waals surface area contributed by atoms with Crippen molar-refractivity contribution < 1.29 is 14.7 Å². The van der Waals surface area contributed by atoms with Gasteiger partial charge >= 0.3 is 5.97 Å². The minimum Gasteiger partial charge on any atom is -0.481 e. The maximum Gasteiger partial charge on any atom is 0.307 e. The second-order valence-electron chi connectivity index (χ2n) is 6.84. The molecule has 4 nitrogen and oxygen atoms in total. The first-order valence-corrected chi connectivity index (χ1v) is 7.07. The van der Waals surface area contributed by atoms with Gasteiger partial charge in [0, 0.05) is 19.5 Å². The molecule has 1 N–H and O–H groups in total. The zero-order valence-electron chi connectivity index (χ0n) is 13.2. The molecule has 0 spiro atoms. The van der Waals surface area contributed by atoms with Crippen LogP contribution in [0.2, 0.25) is 0 Å². The summed E-state index contributed by atoms with van der Waals surface area (Å²) < 4.78 is 0. The van der Waals surface area contributed by atoms with Crippen molar-refractivity contribution in [2.75, 3.05) is 13.1 Å². The number of carboxylic acid groups (broad SMARTS) is 1. The molecule has 0 fully saturated rings. The minimum atomic E-state index is -0.867. The van der Waals surface area contributed by atoms with E-state index >= 15 is 0 Å². The van der Waals surface area contributed by atoms with Crippen molar-refractivity contribution in [1.29, 1.82) is 0 Å². The standard InChI is InChI=1S/C15H29NO3/c1-7-16(10-15(4,5)6)13(17)9-12(14(18)19)8-11(2)3/h11-12H,7-10H2,1-6H3,(H,18,19)/t12-/m1/s1. The Morgan fingerprint density at radius 2 is 1.74 bits per heavy atom. The number of carboxylic acids is 1. The van der Waals surface area contributed by atoms with Gasteiger partial charge in [-0.2, -0.15) is 0 Å². The first-order chi connectivity index (χ1) is 8.56. The van der Waals surface area contributed by atoms with Gasteiger partial charge in [0.25, 0.3) is 0 Å². The molecule has 19 heavy (non-hydrogen) atoms. The molecule has 0 radical (unpaired) electrons. The van der Waals surface area contributed by atoms with Crippen molar-refractivity contribution in [2.24, 2.45) is 17.3 Å². The van der Waals surface area contributed by atoms with Crippen LogP contribution in [-0.4, -0.2) is 35.0 Å². The molecule has 0 unspecified atom stereocenters. The number of carbonyl (C=O) groups excluding carboxylic acids is 1. The van der Waals surface area contributed by atoms with Gasteiger partial charge in [-0.15, -0.1) is 0 Å². The number of rotatable bonds is 7. The van der Waals surface area contributed by atoms with Crippen LogP contribution in [0.25, 0.3) is 0 Å². The van der Waals surface area contributed by atoms with Gasteiger partial charge in [-0.05, 0) is 24.7 Å². The largest absolute Gasteiger partial charge is 0.481 e. The Hall–Kier alpha value is -1.06. The average molecular weight is 271 g/mol. The summed E-state index contributed by atoms with van der Waals surface area (Å²) in [7, 11) is 0. The second kappa shape index (κ2) is 7.51. The zero-order chi connectivity index (χ0) is 15.2. The van der Waals surface area contributed by atoms with Crippen LogP contribution >= 0.6 is 0 Å². The van der Waals surface area contributed by atoms with Crippen LogP contribution < -0.4 is 0 Å². The predicted molar refractivity (Wildman–Crippen MR) is 76.9 cm³/mol. The van der Waals surface area contributed by atoms with E-state index in [1.165, 1.54) is 0 Å². The van der Waals surface area contributed by atoms with Gasteiger partial charge in [0.05, 0.1) is 5.92 Å². The van der Waals surface area contributed by atoms with E-state index in [4.69, 9.17) is 0 Å². The maximum atomic E-state index is 12.2. The van der Waals surface area contributed by atoms with Gasteiger partial charge in [-0.3, -0.25) is 9.59 Å². The van der Waals surface area contributed by atoms with E-state index in [9.17, 15) is 14.7 Å². The van der Waals surface area contributed by atoms with Crippen molar-refractivity contribution in [3.63, 3.8) is 0 Å². The smallest absolute Gasteiger partial charge is 0.307 e. The molecule has 1 amide bonds. The predicted octanol–water partition coefficient (Wildman–Crippen LogP) is 3.02. The molecule has 4 heteroatoms. The van der Waals surface area contributed by atoms with Gasteiger partial charge in [0.15, 0.2) is 0 Å². The summed E-state index contributed by atoms with van der Waals surface area (Å²) in [5.74, 6) is -1.20. The molecule has 0 heterocycles. The topological polar surface area (TPSA) is 57.6 Å². The third-order valence-corrected chi connectivity index (χ3v) is 2.93. The summed E-state index contributed by atoms with van der Waals surface area (Å²) in [6.45, 7) is 13.4. The Balaban J connectivity index is 4.64. The molecule has 0 bridgehead atoms. The van der Waals surface area contributed by atoms with Crippen molar-refractivity contribution in [1.82, 2.24) is 4.90 Å². The SMILES string of the molecule is CCN(CC(C)(C)C)C(=O)C[C@@H](CC(C)C)C(=O)O. The fourth-order valence-corrected chi connectivity index (χ4v) is 2.13. The van der Waals surface area contributed by atoms with Gasteiger partial charge in [-0.1, -0.05) is 34.6 Å². The third-order valence-electron chi connectivity index (χ3n) is 2.93. The van der Waals surface area contributed by atoms with Crippen LogP contribution in [0, 0.1) is 17.3 Å². The molecule has 1 atom stereocenters.